The maximum atomic E-state index is 11.3. The fourth-order valence-electron chi connectivity index (χ4n) is 0.142. The van der Waals surface area contributed by atoms with Crippen LogP contribution in [0.2, 0.25) is 0 Å². The van der Waals surface area contributed by atoms with Crippen molar-refractivity contribution in [2.75, 3.05) is 0 Å². The topological polar surface area (TPSA) is 29.1 Å². The van der Waals surface area contributed by atoms with E-state index >= 15 is 0 Å². The molecule has 0 saturated carbocycles. The molecule has 0 aliphatic heterocycles. The van der Waals surface area contributed by atoms with Crippen LogP contribution in [0.3, 0.4) is 0 Å². The summed E-state index contributed by atoms with van der Waals surface area (Å²) in [4.78, 5) is 10.3. The standard InChI is InChI=1S/C5H10FNO/c1-5(2,3)4(8)7-6/h1-3H3,(H,7,8). The first kappa shape index (κ1) is 7.40. The Bertz CT molecular complexity index is 95.1. The van der Waals surface area contributed by atoms with Gasteiger partial charge in [-0.05, 0) is 0 Å². The van der Waals surface area contributed by atoms with E-state index in [1.165, 1.54) is 0 Å². The molecule has 0 heterocycles. The molecule has 0 aromatic heterocycles. The number of hydrogen-bond donors (Lipinski definition) is 1. The lowest BCUT2D eigenvalue weighted by molar-refractivity contribution is -0.132. The van der Waals surface area contributed by atoms with Crippen molar-refractivity contribution >= 4 is 5.91 Å². The molecule has 0 spiro atoms. The minimum absolute atomic E-state index is 0.586. The highest BCUT2D eigenvalue weighted by Crippen LogP contribution is 2.11. The van der Waals surface area contributed by atoms with Crippen LogP contribution in [-0.2, 0) is 4.79 Å². The van der Waals surface area contributed by atoms with Crippen LogP contribution < -0.4 is 5.54 Å². The summed E-state index contributed by atoms with van der Waals surface area (Å²) < 4.78 is 11.3. The second-order valence-electron chi connectivity index (χ2n) is 2.67. The number of nitrogens with one attached hydrogen (secondary N) is 1. The first-order valence-corrected chi connectivity index (χ1v) is 2.39. The molecule has 1 N–H and O–H groups in total. The van der Waals surface area contributed by atoms with E-state index in [2.05, 4.69) is 0 Å². The molecule has 0 aromatic carbocycles. The van der Waals surface area contributed by atoms with Gasteiger partial charge in [-0.3, -0.25) is 4.79 Å². The number of amides is 1. The third kappa shape index (κ3) is 1.91. The summed E-state index contributed by atoms with van der Waals surface area (Å²) in [5, 5.41) is 0. The minimum Gasteiger partial charge on any atom is -0.272 e. The Labute approximate surface area is 48.0 Å². The largest absolute Gasteiger partial charge is 0.272 e. The van der Waals surface area contributed by atoms with Gasteiger partial charge in [0.15, 0.2) is 0 Å². The van der Waals surface area contributed by atoms with E-state index in [1.807, 2.05) is 0 Å². The molecule has 0 fully saturated rings. The Morgan fingerprint density at radius 1 is 1.50 bits per heavy atom. The summed E-state index contributed by atoms with van der Waals surface area (Å²) in [6.07, 6.45) is 0. The van der Waals surface area contributed by atoms with Crippen molar-refractivity contribution in [3.63, 3.8) is 0 Å². The van der Waals surface area contributed by atoms with Crippen molar-refractivity contribution in [1.29, 1.82) is 0 Å². The molecule has 0 unspecified atom stereocenters. The van der Waals surface area contributed by atoms with Crippen molar-refractivity contribution in [3.8, 4) is 0 Å². The Morgan fingerprint density at radius 3 is 1.88 bits per heavy atom. The van der Waals surface area contributed by atoms with Crippen LogP contribution >= 0.6 is 0 Å². The van der Waals surface area contributed by atoms with Crippen LogP contribution in [0.5, 0.6) is 0 Å². The highest BCUT2D eigenvalue weighted by Gasteiger charge is 2.20. The Kier molecular flexibility index (Phi) is 1.95. The number of rotatable bonds is 0. The maximum absolute atomic E-state index is 11.3. The van der Waals surface area contributed by atoms with Gasteiger partial charge in [-0.1, -0.05) is 20.8 Å². The van der Waals surface area contributed by atoms with Gasteiger partial charge in [0.2, 0.25) is 0 Å². The van der Waals surface area contributed by atoms with Gasteiger partial charge < -0.3 is 0 Å². The van der Waals surface area contributed by atoms with E-state index in [1.54, 1.807) is 20.8 Å². The molecule has 3 heteroatoms. The smallest absolute Gasteiger partial charge is 0.253 e. The molecular formula is C5H10FNO. The molecule has 0 radical (unpaired) electrons. The van der Waals surface area contributed by atoms with Gasteiger partial charge in [0.1, 0.15) is 0 Å². The lowest BCUT2D eigenvalue weighted by Gasteiger charge is -2.12. The van der Waals surface area contributed by atoms with Gasteiger partial charge in [0.05, 0.1) is 0 Å². The maximum Gasteiger partial charge on any atom is 0.253 e. The third-order valence-corrected chi connectivity index (χ3v) is 0.767. The molecular weight excluding hydrogens is 109 g/mol. The minimum atomic E-state index is -0.616. The summed E-state index contributed by atoms with van der Waals surface area (Å²) >= 11 is 0. The number of halogens is 1. The number of carbonyl (C=O) groups is 1. The summed E-state index contributed by atoms with van der Waals surface area (Å²) in [5.41, 5.74) is 0.450. The number of carbonyl (C=O) groups excluding carboxylic acids is 1. The van der Waals surface area contributed by atoms with Crippen molar-refractivity contribution in [2.45, 2.75) is 20.8 Å². The molecule has 2 nitrogen and oxygen atoms in total. The second kappa shape index (κ2) is 2.11. The zero-order chi connectivity index (χ0) is 6.78. The van der Waals surface area contributed by atoms with Crippen molar-refractivity contribution in [1.82, 2.24) is 5.54 Å². The summed E-state index contributed by atoms with van der Waals surface area (Å²) in [6.45, 7) is 4.92. The van der Waals surface area contributed by atoms with E-state index in [0.29, 0.717) is 0 Å². The van der Waals surface area contributed by atoms with E-state index in [9.17, 15) is 9.28 Å². The van der Waals surface area contributed by atoms with Crippen LogP contribution in [0.25, 0.3) is 0 Å². The highest BCUT2D eigenvalue weighted by atomic mass is 19.2. The molecule has 0 atom stereocenters. The fourth-order valence-corrected chi connectivity index (χ4v) is 0.142. The van der Waals surface area contributed by atoms with Crippen molar-refractivity contribution < 1.29 is 9.28 Å². The Hall–Kier alpha value is -0.600. The van der Waals surface area contributed by atoms with Gasteiger partial charge in [0.25, 0.3) is 5.91 Å². The molecule has 0 bridgehead atoms. The molecule has 1 amide bonds. The van der Waals surface area contributed by atoms with Gasteiger partial charge in [-0.25, -0.2) is 0 Å². The van der Waals surface area contributed by atoms with Gasteiger partial charge >= 0.3 is 0 Å². The van der Waals surface area contributed by atoms with Crippen LogP contribution in [0.15, 0.2) is 0 Å². The van der Waals surface area contributed by atoms with E-state index < -0.39 is 11.3 Å². The second-order valence-corrected chi connectivity index (χ2v) is 2.67. The molecule has 0 aliphatic rings. The zero-order valence-corrected chi connectivity index (χ0v) is 5.29. The fraction of sp³-hybridized carbons (Fsp3) is 0.800. The monoisotopic (exact) mass is 119 g/mol. The van der Waals surface area contributed by atoms with Crippen molar-refractivity contribution in [2.24, 2.45) is 5.41 Å². The molecule has 8 heavy (non-hydrogen) atoms. The first-order chi connectivity index (χ1) is 3.48. The van der Waals surface area contributed by atoms with Crippen LogP contribution in [0.1, 0.15) is 20.8 Å². The zero-order valence-electron chi connectivity index (χ0n) is 5.29. The highest BCUT2D eigenvalue weighted by molar-refractivity contribution is 5.80. The molecule has 0 aliphatic carbocycles. The van der Waals surface area contributed by atoms with Gasteiger partial charge in [0, 0.05) is 5.41 Å². The predicted molar refractivity (Wildman–Crippen MR) is 28.7 cm³/mol. The Morgan fingerprint density at radius 2 is 1.88 bits per heavy atom. The molecule has 0 aromatic rings. The molecule has 48 valence electrons. The summed E-state index contributed by atoms with van der Waals surface area (Å²) in [7, 11) is 0. The lowest BCUT2D eigenvalue weighted by atomic mass is 9.96. The Balaban J connectivity index is 3.82. The molecule has 0 saturated heterocycles. The lowest BCUT2D eigenvalue weighted by Crippen LogP contribution is -2.29. The van der Waals surface area contributed by atoms with Crippen LogP contribution in [0, 0.1) is 5.41 Å². The first-order valence-electron chi connectivity index (χ1n) is 2.39. The quantitative estimate of drug-likeness (QED) is 0.474. The average molecular weight is 119 g/mol. The van der Waals surface area contributed by atoms with Crippen molar-refractivity contribution in [3.05, 3.63) is 0 Å². The normalized spacial score (nSPS) is 11.0. The SMILES string of the molecule is CC(C)(C)C(=O)NF. The number of hydrogen-bond acceptors (Lipinski definition) is 1. The average Bonchev–Trinajstić information content (AvgIpc) is 1.62. The van der Waals surface area contributed by atoms with E-state index in [0.717, 1.165) is 5.54 Å². The predicted octanol–water partition coefficient (Wildman–Crippen LogP) is 1.03. The molecule has 0 rings (SSSR count). The summed E-state index contributed by atoms with van der Waals surface area (Å²) in [5.74, 6) is -0.586. The van der Waals surface area contributed by atoms with Gasteiger partial charge in [-0.2, -0.15) is 5.54 Å². The third-order valence-electron chi connectivity index (χ3n) is 0.767. The van der Waals surface area contributed by atoms with Crippen LogP contribution in [0.4, 0.5) is 4.48 Å². The van der Waals surface area contributed by atoms with E-state index in [-0.39, 0.29) is 0 Å². The van der Waals surface area contributed by atoms with E-state index in [4.69, 9.17) is 0 Å². The van der Waals surface area contributed by atoms with Crippen LogP contribution in [-0.4, -0.2) is 5.91 Å². The summed E-state index contributed by atoms with van der Waals surface area (Å²) in [6, 6.07) is 0. The van der Waals surface area contributed by atoms with Gasteiger partial charge in [-0.15, -0.1) is 4.48 Å².